The molecule has 0 unspecified atom stereocenters. The van der Waals surface area contributed by atoms with Crippen LogP contribution in [0.5, 0.6) is 5.75 Å². The molecule has 0 saturated carbocycles. The number of methoxy groups -OCH3 is 1. The average Bonchev–Trinajstić information content (AvgIpc) is 2.28. The molecule has 3 nitrogen and oxygen atoms in total. The SMILES string of the molecule is COC(=O)Cc1ccc(OC(F)F)c(Br)c1C. The summed E-state index contributed by atoms with van der Waals surface area (Å²) in [5, 5.41) is 0. The molecule has 1 aromatic carbocycles. The molecule has 0 aromatic heterocycles. The van der Waals surface area contributed by atoms with Crippen LogP contribution in [0.4, 0.5) is 8.78 Å². The van der Waals surface area contributed by atoms with Gasteiger partial charge in [0.2, 0.25) is 0 Å². The van der Waals surface area contributed by atoms with E-state index >= 15 is 0 Å². The van der Waals surface area contributed by atoms with E-state index in [4.69, 9.17) is 0 Å². The van der Waals surface area contributed by atoms with Crippen LogP contribution in [0, 0.1) is 6.92 Å². The third-order valence-corrected chi connectivity index (χ3v) is 3.23. The minimum absolute atomic E-state index is 0.0473. The number of alkyl halides is 2. The van der Waals surface area contributed by atoms with Gasteiger partial charge in [-0.25, -0.2) is 0 Å². The van der Waals surface area contributed by atoms with Gasteiger partial charge < -0.3 is 9.47 Å². The van der Waals surface area contributed by atoms with Crippen molar-refractivity contribution in [1.29, 1.82) is 0 Å². The zero-order chi connectivity index (χ0) is 13.0. The van der Waals surface area contributed by atoms with Gasteiger partial charge in [0, 0.05) is 0 Å². The molecule has 0 fully saturated rings. The summed E-state index contributed by atoms with van der Waals surface area (Å²) in [4.78, 5) is 11.1. The Kier molecular flexibility index (Phi) is 4.86. The van der Waals surface area contributed by atoms with Gasteiger partial charge >= 0.3 is 12.6 Å². The Labute approximate surface area is 106 Å². The summed E-state index contributed by atoms with van der Waals surface area (Å²) in [6.07, 6.45) is 0.0931. The Hall–Kier alpha value is -1.17. The summed E-state index contributed by atoms with van der Waals surface area (Å²) in [6, 6.07) is 2.95. The van der Waals surface area contributed by atoms with Gasteiger partial charge in [0.25, 0.3) is 0 Å². The zero-order valence-electron chi connectivity index (χ0n) is 9.30. The number of ether oxygens (including phenoxy) is 2. The van der Waals surface area contributed by atoms with E-state index in [1.165, 1.54) is 13.2 Å². The summed E-state index contributed by atoms with van der Waals surface area (Å²) < 4.78 is 33.4. The maximum Gasteiger partial charge on any atom is 0.387 e. The highest BCUT2D eigenvalue weighted by atomic mass is 79.9. The Balaban J connectivity index is 2.98. The topological polar surface area (TPSA) is 35.5 Å². The molecule has 0 radical (unpaired) electrons. The number of hydrogen-bond donors (Lipinski definition) is 0. The van der Waals surface area contributed by atoms with Crippen LogP contribution in [0.2, 0.25) is 0 Å². The van der Waals surface area contributed by atoms with Gasteiger partial charge in [-0.05, 0) is 40.0 Å². The van der Waals surface area contributed by atoms with E-state index in [1.54, 1.807) is 13.0 Å². The van der Waals surface area contributed by atoms with Gasteiger partial charge in [-0.15, -0.1) is 0 Å². The van der Waals surface area contributed by atoms with Crippen LogP contribution in [0.15, 0.2) is 16.6 Å². The van der Waals surface area contributed by atoms with Crippen molar-refractivity contribution < 1.29 is 23.0 Å². The third-order valence-electron chi connectivity index (χ3n) is 2.24. The van der Waals surface area contributed by atoms with Crippen LogP contribution >= 0.6 is 15.9 Å². The van der Waals surface area contributed by atoms with E-state index in [1.807, 2.05) is 0 Å². The van der Waals surface area contributed by atoms with Crippen LogP contribution in [0.3, 0.4) is 0 Å². The number of halogens is 3. The second kappa shape index (κ2) is 5.95. The fraction of sp³-hybridized carbons (Fsp3) is 0.364. The smallest absolute Gasteiger partial charge is 0.387 e. The maximum absolute atomic E-state index is 12.1. The second-order valence-electron chi connectivity index (χ2n) is 3.29. The lowest BCUT2D eigenvalue weighted by Crippen LogP contribution is -2.07. The van der Waals surface area contributed by atoms with Crippen LogP contribution in [-0.2, 0) is 16.0 Å². The highest BCUT2D eigenvalue weighted by Gasteiger charge is 2.14. The monoisotopic (exact) mass is 308 g/mol. The van der Waals surface area contributed by atoms with Crippen LogP contribution < -0.4 is 4.74 Å². The Morgan fingerprint density at radius 3 is 2.65 bits per heavy atom. The highest BCUT2D eigenvalue weighted by molar-refractivity contribution is 9.10. The molecular weight excluding hydrogens is 298 g/mol. The van der Waals surface area contributed by atoms with E-state index in [2.05, 4.69) is 25.4 Å². The molecule has 0 N–H and O–H groups in total. The second-order valence-corrected chi connectivity index (χ2v) is 4.09. The molecule has 0 bridgehead atoms. The van der Waals surface area contributed by atoms with Gasteiger partial charge in [-0.3, -0.25) is 4.79 Å². The molecule has 1 aromatic rings. The highest BCUT2D eigenvalue weighted by Crippen LogP contribution is 2.32. The number of carbonyl (C=O) groups excluding carboxylic acids is 1. The number of benzene rings is 1. The van der Waals surface area contributed by atoms with E-state index in [0.29, 0.717) is 15.6 Å². The fourth-order valence-electron chi connectivity index (χ4n) is 1.31. The van der Waals surface area contributed by atoms with Crippen molar-refractivity contribution in [1.82, 2.24) is 0 Å². The van der Waals surface area contributed by atoms with Gasteiger partial charge in [-0.2, -0.15) is 8.78 Å². The van der Waals surface area contributed by atoms with Crippen LogP contribution in [0.25, 0.3) is 0 Å². The first-order chi connectivity index (χ1) is 7.95. The molecule has 17 heavy (non-hydrogen) atoms. The van der Waals surface area contributed by atoms with Gasteiger partial charge in [0.15, 0.2) is 0 Å². The number of esters is 1. The third kappa shape index (κ3) is 3.66. The molecular formula is C11H11BrF2O3. The van der Waals surface area contributed by atoms with Crippen molar-refractivity contribution in [2.45, 2.75) is 20.0 Å². The summed E-state index contributed by atoms with van der Waals surface area (Å²) >= 11 is 3.16. The molecule has 0 aliphatic carbocycles. The normalized spacial score (nSPS) is 10.5. The van der Waals surface area contributed by atoms with E-state index in [9.17, 15) is 13.6 Å². The van der Waals surface area contributed by atoms with Gasteiger partial charge in [0.1, 0.15) is 5.75 Å². The molecule has 94 valence electrons. The number of carbonyl (C=O) groups is 1. The Morgan fingerprint density at radius 2 is 2.12 bits per heavy atom. The lowest BCUT2D eigenvalue weighted by Gasteiger charge is -2.12. The van der Waals surface area contributed by atoms with E-state index < -0.39 is 6.61 Å². The summed E-state index contributed by atoms with van der Waals surface area (Å²) in [7, 11) is 1.29. The van der Waals surface area contributed by atoms with Crippen molar-refractivity contribution in [2.24, 2.45) is 0 Å². The van der Waals surface area contributed by atoms with Crippen molar-refractivity contribution in [2.75, 3.05) is 7.11 Å². The summed E-state index contributed by atoms with van der Waals surface area (Å²) in [5.74, 6) is -0.339. The van der Waals surface area contributed by atoms with Gasteiger partial charge in [-0.1, -0.05) is 6.07 Å². The molecule has 0 spiro atoms. The minimum atomic E-state index is -2.88. The molecule has 0 atom stereocenters. The lowest BCUT2D eigenvalue weighted by molar-refractivity contribution is -0.139. The largest absolute Gasteiger partial charge is 0.469 e. The lowest BCUT2D eigenvalue weighted by atomic mass is 10.1. The van der Waals surface area contributed by atoms with Crippen LogP contribution in [-0.4, -0.2) is 19.7 Å². The number of hydrogen-bond acceptors (Lipinski definition) is 3. The molecule has 0 saturated heterocycles. The maximum atomic E-state index is 12.1. The predicted molar refractivity (Wildman–Crippen MR) is 61.2 cm³/mol. The first-order valence-electron chi connectivity index (χ1n) is 4.75. The van der Waals surface area contributed by atoms with Crippen molar-refractivity contribution >= 4 is 21.9 Å². The molecule has 0 aliphatic rings. The van der Waals surface area contributed by atoms with Gasteiger partial charge in [0.05, 0.1) is 18.0 Å². The summed E-state index contributed by atoms with van der Waals surface area (Å²) in [5.41, 5.74) is 1.37. The standard InChI is InChI=1S/C11H11BrF2O3/c1-6-7(5-9(15)16-2)3-4-8(10(6)12)17-11(13)14/h3-4,11H,5H2,1-2H3. The predicted octanol–water partition coefficient (Wildman–Crippen LogP) is 3.07. The van der Waals surface area contributed by atoms with Crippen molar-refractivity contribution in [3.63, 3.8) is 0 Å². The quantitative estimate of drug-likeness (QED) is 0.802. The van der Waals surface area contributed by atoms with E-state index in [0.717, 1.165) is 0 Å². The molecule has 0 heterocycles. The number of rotatable bonds is 4. The average molecular weight is 309 g/mol. The zero-order valence-corrected chi connectivity index (χ0v) is 10.9. The first kappa shape index (κ1) is 13.9. The van der Waals surface area contributed by atoms with Crippen molar-refractivity contribution in [3.05, 3.63) is 27.7 Å². The molecule has 0 amide bonds. The molecule has 1 rings (SSSR count). The molecule has 6 heteroatoms. The first-order valence-corrected chi connectivity index (χ1v) is 5.54. The minimum Gasteiger partial charge on any atom is -0.469 e. The van der Waals surface area contributed by atoms with Crippen LogP contribution in [0.1, 0.15) is 11.1 Å². The summed E-state index contributed by atoms with van der Waals surface area (Å²) in [6.45, 7) is -1.17. The Morgan fingerprint density at radius 1 is 1.47 bits per heavy atom. The van der Waals surface area contributed by atoms with Crippen molar-refractivity contribution in [3.8, 4) is 5.75 Å². The Bertz CT molecular complexity index is 421. The van der Waals surface area contributed by atoms with E-state index in [-0.39, 0.29) is 18.1 Å². The molecule has 0 aliphatic heterocycles. The fourth-order valence-corrected chi connectivity index (χ4v) is 1.79.